The van der Waals surface area contributed by atoms with Crippen LogP contribution >= 0.6 is 0 Å². The number of benzene rings is 1. The highest BCUT2D eigenvalue weighted by molar-refractivity contribution is 5.33. The van der Waals surface area contributed by atoms with Crippen molar-refractivity contribution in [3.63, 3.8) is 0 Å². The number of nitrogens with two attached hydrogens (primary N) is 1. The Bertz CT molecular complexity index is 276. The Morgan fingerprint density at radius 1 is 1.33 bits per heavy atom. The summed E-state index contributed by atoms with van der Waals surface area (Å²) >= 11 is 0. The van der Waals surface area contributed by atoms with Gasteiger partial charge in [-0.05, 0) is 32.5 Å². The van der Waals surface area contributed by atoms with Crippen LogP contribution in [0.5, 0.6) is 5.75 Å². The molecule has 3 heteroatoms. The minimum absolute atomic E-state index is 0.708. The van der Waals surface area contributed by atoms with Crippen LogP contribution in [-0.2, 0) is 6.54 Å². The summed E-state index contributed by atoms with van der Waals surface area (Å²) in [5.41, 5.74) is 6.63. The maximum absolute atomic E-state index is 5.53. The van der Waals surface area contributed by atoms with Crippen LogP contribution in [0.25, 0.3) is 0 Å². The molecule has 15 heavy (non-hydrogen) atoms. The van der Waals surface area contributed by atoms with E-state index in [-0.39, 0.29) is 0 Å². The van der Waals surface area contributed by atoms with E-state index >= 15 is 0 Å². The molecule has 3 N–H and O–H groups in total. The summed E-state index contributed by atoms with van der Waals surface area (Å²) in [6, 6.07) is 8.11. The van der Waals surface area contributed by atoms with Crippen molar-refractivity contribution in [3.05, 3.63) is 29.8 Å². The molecule has 84 valence electrons. The van der Waals surface area contributed by atoms with Crippen LogP contribution in [0.2, 0.25) is 0 Å². The average molecular weight is 208 g/mol. The van der Waals surface area contributed by atoms with Gasteiger partial charge in [-0.25, -0.2) is 0 Å². The van der Waals surface area contributed by atoms with E-state index in [1.807, 2.05) is 25.1 Å². The molecule has 0 bridgehead atoms. The number of hydrogen-bond acceptors (Lipinski definition) is 3. The van der Waals surface area contributed by atoms with Gasteiger partial charge in [-0.1, -0.05) is 18.2 Å². The van der Waals surface area contributed by atoms with Gasteiger partial charge in [-0.15, -0.1) is 0 Å². The maximum Gasteiger partial charge on any atom is 0.123 e. The van der Waals surface area contributed by atoms with Gasteiger partial charge in [0.2, 0.25) is 0 Å². The van der Waals surface area contributed by atoms with E-state index in [4.69, 9.17) is 10.5 Å². The molecule has 0 amide bonds. The second-order valence-electron chi connectivity index (χ2n) is 3.36. The monoisotopic (exact) mass is 208 g/mol. The fraction of sp³-hybridized carbons (Fsp3) is 0.500. The third kappa shape index (κ3) is 4.32. The largest absolute Gasteiger partial charge is 0.494 e. The quantitative estimate of drug-likeness (QED) is 0.668. The predicted octanol–water partition coefficient (Wildman–Crippen LogP) is 1.52. The second-order valence-corrected chi connectivity index (χ2v) is 3.36. The standard InChI is InChI=1S/C12H20N2O/c1-2-15-12-7-4-3-6-11(12)10-14-9-5-8-13/h3-4,6-7,14H,2,5,8-10,13H2,1H3. The Hall–Kier alpha value is -1.06. The summed E-state index contributed by atoms with van der Waals surface area (Å²) in [5.74, 6) is 0.972. The van der Waals surface area contributed by atoms with Crippen molar-refractivity contribution in [2.75, 3.05) is 19.7 Å². The van der Waals surface area contributed by atoms with E-state index in [0.29, 0.717) is 6.61 Å². The van der Waals surface area contributed by atoms with E-state index in [0.717, 1.165) is 31.8 Å². The van der Waals surface area contributed by atoms with Gasteiger partial charge in [0.1, 0.15) is 5.75 Å². The molecule has 0 atom stereocenters. The molecule has 1 aromatic carbocycles. The highest BCUT2D eigenvalue weighted by atomic mass is 16.5. The zero-order valence-corrected chi connectivity index (χ0v) is 9.33. The number of para-hydroxylation sites is 1. The van der Waals surface area contributed by atoms with Crippen molar-refractivity contribution in [1.82, 2.24) is 5.32 Å². The minimum Gasteiger partial charge on any atom is -0.494 e. The van der Waals surface area contributed by atoms with Crippen molar-refractivity contribution in [1.29, 1.82) is 0 Å². The smallest absolute Gasteiger partial charge is 0.123 e. The molecule has 0 saturated carbocycles. The summed E-state index contributed by atoms with van der Waals surface area (Å²) in [7, 11) is 0. The lowest BCUT2D eigenvalue weighted by Crippen LogP contribution is -2.18. The summed E-state index contributed by atoms with van der Waals surface area (Å²) in [5, 5.41) is 3.34. The van der Waals surface area contributed by atoms with Gasteiger partial charge in [-0.2, -0.15) is 0 Å². The lowest BCUT2D eigenvalue weighted by atomic mass is 10.2. The zero-order valence-electron chi connectivity index (χ0n) is 9.33. The molecule has 0 radical (unpaired) electrons. The van der Waals surface area contributed by atoms with Crippen molar-refractivity contribution < 1.29 is 4.74 Å². The zero-order chi connectivity index (χ0) is 10.9. The van der Waals surface area contributed by atoms with Gasteiger partial charge in [0.05, 0.1) is 6.61 Å². The van der Waals surface area contributed by atoms with E-state index in [1.165, 1.54) is 5.56 Å². The normalized spacial score (nSPS) is 10.3. The third-order valence-corrected chi connectivity index (χ3v) is 2.15. The van der Waals surface area contributed by atoms with Crippen molar-refractivity contribution >= 4 is 0 Å². The van der Waals surface area contributed by atoms with Crippen LogP contribution < -0.4 is 15.8 Å². The van der Waals surface area contributed by atoms with Crippen LogP contribution in [0.4, 0.5) is 0 Å². The molecular weight excluding hydrogens is 188 g/mol. The Labute approximate surface area is 91.6 Å². The number of hydrogen-bond donors (Lipinski definition) is 2. The van der Waals surface area contributed by atoms with E-state index < -0.39 is 0 Å². The van der Waals surface area contributed by atoms with Gasteiger partial charge in [-0.3, -0.25) is 0 Å². The van der Waals surface area contributed by atoms with E-state index in [2.05, 4.69) is 11.4 Å². The van der Waals surface area contributed by atoms with Crippen molar-refractivity contribution in [2.45, 2.75) is 19.9 Å². The molecule has 0 aliphatic carbocycles. The summed E-state index contributed by atoms with van der Waals surface area (Å²) in [6.07, 6.45) is 1.01. The molecule has 0 saturated heterocycles. The Morgan fingerprint density at radius 3 is 2.87 bits per heavy atom. The molecule has 0 spiro atoms. The maximum atomic E-state index is 5.53. The SMILES string of the molecule is CCOc1ccccc1CNCCCN. The molecule has 0 aliphatic heterocycles. The summed E-state index contributed by atoms with van der Waals surface area (Å²) in [6.45, 7) is 5.24. The second kappa shape index (κ2) is 7.26. The molecule has 0 fully saturated rings. The van der Waals surface area contributed by atoms with Gasteiger partial charge >= 0.3 is 0 Å². The van der Waals surface area contributed by atoms with Crippen LogP contribution in [0.15, 0.2) is 24.3 Å². The Morgan fingerprint density at radius 2 is 2.13 bits per heavy atom. The number of nitrogens with one attached hydrogen (secondary N) is 1. The Kier molecular flexibility index (Phi) is 5.81. The van der Waals surface area contributed by atoms with Gasteiger partial charge in [0.15, 0.2) is 0 Å². The highest BCUT2D eigenvalue weighted by Gasteiger charge is 2.00. The topological polar surface area (TPSA) is 47.3 Å². The fourth-order valence-electron chi connectivity index (χ4n) is 1.40. The van der Waals surface area contributed by atoms with Crippen LogP contribution in [0, 0.1) is 0 Å². The fourth-order valence-corrected chi connectivity index (χ4v) is 1.40. The molecule has 1 rings (SSSR count). The van der Waals surface area contributed by atoms with Crippen molar-refractivity contribution in [2.24, 2.45) is 5.73 Å². The molecule has 3 nitrogen and oxygen atoms in total. The summed E-state index contributed by atoms with van der Waals surface area (Å²) < 4.78 is 5.53. The Balaban J connectivity index is 2.44. The molecule has 0 aliphatic rings. The number of ether oxygens (including phenoxy) is 1. The first kappa shape index (κ1) is 12.0. The van der Waals surface area contributed by atoms with Crippen molar-refractivity contribution in [3.8, 4) is 5.75 Å². The first-order valence-electron chi connectivity index (χ1n) is 5.50. The summed E-state index contributed by atoms with van der Waals surface area (Å²) in [4.78, 5) is 0. The number of rotatable bonds is 7. The molecule has 0 unspecified atom stereocenters. The predicted molar refractivity (Wildman–Crippen MR) is 63.0 cm³/mol. The molecule has 1 aromatic rings. The van der Waals surface area contributed by atoms with E-state index in [1.54, 1.807) is 0 Å². The van der Waals surface area contributed by atoms with Crippen LogP contribution in [0.3, 0.4) is 0 Å². The van der Waals surface area contributed by atoms with Gasteiger partial charge < -0.3 is 15.8 Å². The highest BCUT2D eigenvalue weighted by Crippen LogP contribution is 2.17. The first-order chi connectivity index (χ1) is 7.38. The molecule has 0 heterocycles. The minimum atomic E-state index is 0.708. The van der Waals surface area contributed by atoms with Crippen LogP contribution in [-0.4, -0.2) is 19.7 Å². The average Bonchev–Trinajstić information content (AvgIpc) is 2.27. The first-order valence-corrected chi connectivity index (χ1v) is 5.50. The lowest BCUT2D eigenvalue weighted by molar-refractivity contribution is 0.335. The lowest BCUT2D eigenvalue weighted by Gasteiger charge is -2.10. The third-order valence-electron chi connectivity index (χ3n) is 2.15. The van der Waals surface area contributed by atoms with Crippen LogP contribution in [0.1, 0.15) is 18.9 Å². The van der Waals surface area contributed by atoms with E-state index in [9.17, 15) is 0 Å². The molecule has 0 aromatic heterocycles. The van der Waals surface area contributed by atoms with Gasteiger partial charge in [0, 0.05) is 12.1 Å². The van der Waals surface area contributed by atoms with Gasteiger partial charge in [0.25, 0.3) is 0 Å². The molecular formula is C12H20N2O.